The molecule has 2 aromatic carbocycles. The molecule has 4 rings (SSSR count). The van der Waals surface area contributed by atoms with E-state index in [-0.39, 0.29) is 11.9 Å². The molecular weight excluding hydrogens is 326 g/mol. The summed E-state index contributed by atoms with van der Waals surface area (Å²) in [5.41, 5.74) is 4.22. The van der Waals surface area contributed by atoms with Crippen LogP contribution in [0, 0.1) is 0 Å². The highest BCUT2D eigenvalue weighted by Crippen LogP contribution is 2.22. The molecule has 6 heteroatoms. The summed E-state index contributed by atoms with van der Waals surface area (Å²) in [5.74, 6) is -0.0167. The van der Waals surface area contributed by atoms with Gasteiger partial charge in [-0.1, -0.05) is 36.4 Å². The Hall–Kier alpha value is -2.99. The van der Waals surface area contributed by atoms with Crippen molar-refractivity contribution in [2.45, 2.75) is 25.9 Å². The normalized spacial score (nSPS) is 15.3. The van der Waals surface area contributed by atoms with E-state index in [1.54, 1.807) is 11.0 Å². The van der Waals surface area contributed by atoms with E-state index in [2.05, 4.69) is 44.6 Å². The fourth-order valence-corrected chi connectivity index (χ4v) is 3.36. The summed E-state index contributed by atoms with van der Waals surface area (Å²) in [7, 11) is 0. The van der Waals surface area contributed by atoms with Gasteiger partial charge >= 0.3 is 0 Å². The number of para-hydroxylation sites is 2. The van der Waals surface area contributed by atoms with Crippen LogP contribution in [0.15, 0.2) is 61.2 Å². The van der Waals surface area contributed by atoms with Crippen molar-refractivity contribution in [2.24, 2.45) is 0 Å². The zero-order valence-corrected chi connectivity index (χ0v) is 14.7. The molecule has 0 saturated heterocycles. The predicted octanol–water partition coefficient (Wildman–Crippen LogP) is 2.65. The number of carbonyl (C=O) groups excluding carboxylic acids is 1. The first-order valence-electron chi connectivity index (χ1n) is 8.78. The summed E-state index contributed by atoms with van der Waals surface area (Å²) < 4.78 is 1.65. The molecule has 0 aliphatic carbocycles. The molecule has 26 heavy (non-hydrogen) atoms. The molecule has 0 fully saturated rings. The van der Waals surface area contributed by atoms with Gasteiger partial charge in [0, 0.05) is 13.1 Å². The van der Waals surface area contributed by atoms with Crippen molar-refractivity contribution in [2.75, 3.05) is 11.9 Å². The van der Waals surface area contributed by atoms with Crippen LogP contribution in [0.1, 0.15) is 18.1 Å². The fourth-order valence-electron chi connectivity index (χ4n) is 3.36. The lowest BCUT2D eigenvalue weighted by atomic mass is 9.99. The third-order valence-electron chi connectivity index (χ3n) is 4.91. The maximum atomic E-state index is 12.8. The lowest BCUT2D eigenvalue weighted by Crippen LogP contribution is -2.44. The van der Waals surface area contributed by atoms with Crippen LogP contribution in [0.4, 0.5) is 5.69 Å². The molecule has 1 atom stereocenters. The summed E-state index contributed by atoms with van der Waals surface area (Å²) in [4.78, 5) is 19.0. The van der Waals surface area contributed by atoms with Crippen molar-refractivity contribution in [3.63, 3.8) is 0 Å². The Kier molecular flexibility index (Phi) is 4.50. The first-order chi connectivity index (χ1) is 12.7. The Morgan fingerprint density at radius 2 is 1.88 bits per heavy atom. The predicted molar refractivity (Wildman–Crippen MR) is 100 cm³/mol. The van der Waals surface area contributed by atoms with Crippen LogP contribution in [0.5, 0.6) is 0 Å². The first-order valence-corrected chi connectivity index (χ1v) is 8.78. The van der Waals surface area contributed by atoms with Crippen LogP contribution in [0.25, 0.3) is 5.69 Å². The van der Waals surface area contributed by atoms with Gasteiger partial charge in [-0.3, -0.25) is 9.69 Å². The van der Waals surface area contributed by atoms with Crippen molar-refractivity contribution in [3.8, 4) is 5.69 Å². The number of carbonyl (C=O) groups is 1. The van der Waals surface area contributed by atoms with Gasteiger partial charge in [0.1, 0.15) is 12.7 Å². The molecule has 0 radical (unpaired) electrons. The van der Waals surface area contributed by atoms with E-state index in [9.17, 15) is 4.79 Å². The van der Waals surface area contributed by atoms with E-state index in [4.69, 9.17) is 0 Å². The second-order valence-corrected chi connectivity index (χ2v) is 6.51. The minimum atomic E-state index is -0.216. The zero-order valence-electron chi connectivity index (χ0n) is 14.7. The molecule has 0 spiro atoms. The van der Waals surface area contributed by atoms with E-state index in [0.717, 1.165) is 30.9 Å². The van der Waals surface area contributed by atoms with Gasteiger partial charge in [-0.2, -0.15) is 5.10 Å². The Balaban J connectivity index is 1.49. The monoisotopic (exact) mass is 347 g/mol. The highest BCUT2D eigenvalue weighted by atomic mass is 16.2. The molecular formula is C20H21N5O. The fraction of sp³-hybridized carbons (Fsp3) is 0.250. The molecule has 1 N–H and O–H groups in total. The Bertz CT molecular complexity index is 906. The first kappa shape index (κ1) is 16.5. The maximum Gasteiger partial charge on any atom is 0.241 e. The number of rotatable bonds is 4. The number of hydrogen-bond acceptors (Lipinski definition) is 4. The number of amides is 1. The Morgan fingerprint density at radius 3 is 2.69 bits per heavy atom. The zero-order chi connectivity index (χ0) is 17.9. The number of nitrogens with one attached hydrogen (secondary N) is 1. The molecule has 1 aliphatic rings. The minimum Gasteiger partial charge on any atom is -0.323 e. The van der Waals surface area contributed by atoms with Crippen molar-refractivity contribution in [1.29, 1.82) is 0 Å². The van der Waals surface area contributed by atoms with Crippen LogP contribution >= 0.6 is 0 Å². The average molecular weight is 347 g/mol. The van der Waals surface area contributed by atoms with Gasteiger partial charge in [-0.05, 0) is 36.6 Å². The van der Waals surface area contributed by atoms with E-state index in [1.807, 2.05) is 31.2 Å². The van der Waals surface area contributed by atoms with E-state index in [0.29, 0.717) is 0 Å². The van der Waals surface area contributed by atoms with Gasteiger partial charge in [-0.15, -0.1) is 0 Å². The van der Waals surface area contributed by atoms with Crippen molar-refractivity contribution in [3.05, 3.63) is 72.3 Å². The standard InChI is InChI=1S/C20H21N5O/c1-15(24-11-10-16-6-2-3-7-17(16)12-24)20(26)23-18-8-4-5-9-19(18)25-14-21-13-22-25/h2-9,13-15H,10-12H2,1H3,(H,23,26)/t15-/m0/s1. The minimum absolute atomic E-state index is 0.0167. The summed E-state index contributed by atoms with van der Waals surface area (Å²) in [6, 6.07) is 15.8. The van der Waals surface area contributed by atoms with Crippen LogP contribution in [-0.4, -0.2) is 38.2 Å². The molecule has 1 amide bonds. The number of aromatic nitrogens is 3. The number of anilines is 1. The van der Waals surface area contributed by atoms with E-state index in [1.165, 1.54) is 17.5 Å². The third-order valence-corrected chi connectivity index (χ3v) is 4.91. The van der Waals surface area contributed by atoms with Gasteiger partial charge in [0.05, 0.1) is 17.4 Å². The number of nitrogens with zero attached hydrogens (tertiary/aromatic N) is 4. The highest BCUT2D eigenvalue weighted by Gasteiger charge is 2.25. The molecule has 0 saturated carbocycles. The van der Waals surface area contributed by atoms with Gasteiger partial charge in [-0.25, -0.2) is 9.67 Å². The summed E-state index contributed by atoms with van der Waals surface area (Å²) in [5, 5.41) is 7.21. The second-order valence-electron chi connectivity index (χ2n) is 6.51. The lowest BCUT2D eigenvalue weighted by molar-refractivity contribution is -0.121. The topological polar surface area (TPSA) is 63.1 Å². The molecule has 132 valence electrons. The van der Waals surface area contributed by atoms with Crippen molar-refractivity contribution < 1.29 is 4.79 Å². The molecule has 1 aliphatic heterocycles. The third kappa shape index (κ3) is 3.23. The van der Waals surface area contributed by atoms with Crippen LogP contribution in [0.2, 0.25) is 0 Å². The Labute approximate surface area is 152 Å². The van der Waals surface area contributed by atoms with Crippen molar-refractivity contribution >= 4 is 11.6 Å². The largest absolute Gasteiger partial charge is 0.323 e. The number of hydrogen-bond donors (Lipinski definition) is 1. The molecule has 2 heterocycles. The molecule has 1 aromatic heterocycles. The lowest BCUT2D eigenvalue weighted by Gasteiger charge is -2.33. The van der Waals surface area contributed by atoms with Gasteiger partial charge < -0.3 is 5.32 Å². The molecule has 0 unspecified atom stereocenters. The molecule has 0 bridgehead atoms. The summed E-state index contributed by atoms with van der Waals surface area (Å²) in [6.45, 7) is 3.65. The van der Waals surface area contributed by atoms with Gasteiger partial charge in [0.25, 0.3) is 0 Å². The van der Waals surface area contributed by atoms with E-state index < -0.39 is 0 Å². The molecule has 3 aromatic rings. The SMILES string of the molecule is C[C@@H](C(=O)Nc1ccccc1-n1cncn1)N1CCc2ccccc2C1. The van der Waals surface area contributed by atoms with Crippen LogP contribution < -0.4 is 5.32 Å². The number of benzene rings is 2. The second kappa shape index (κ2) is 7.09. The summed E-state index contributed by atoms with van der Waals surface area (Å²) in [6.07, 6.45) is 4.08. The van der Waals surface area contributed by atoms with Crippen LogP contribution in [0.3, 0.4) is 0 Å². The molecule has 6 nitrogen and oxygen atoms in total. The maximum absolute atomic E-state index is 12.8. The van der Waals surface area contributed by atoms with Crippen LogP contribution in [-0.2, 0) is 17.8 Å². The quantitative estimate of drug-likeness (QED) is 0.788. The smallest absolute Gasteiger partial charge is 0.241 e. The Morgan fingerprint density at radius 1 is 1.12 bits per heavy atom. The number of fused-ring (bicyclic) bond motifs is 1. The summed E-state index contributed by atoms with van der Waals surface area (Å²) >= 11 is 0. The average Bonchev–Trinajstić information content (AvgIpc) is 3.22. The van der Waals surface area contributed by atoms with E-state index >= 15 is 0 Å². The highest BCUT2D eigenvalue weighted by molar-refractivity contribution is 5.96. The van der Waals surface area contributed by atoms with Crippen molar-refractivity contribution in [1.82, 2.24) is 19.7 Å². The van der Waals surface area contributed by atoms with Gasteiger partial charge in [0.15, 0.2) is 0 Å². The van der Waals surface area contributed by atoms with Gasteiger partial charge in [0.2, 0.25) is 5.91 Å².